The molecule has 2 unspecified atom stereocenters. The van der Waals surface area contributed by atoms with E-state index >= 15 is 0 Å². The van der Waals surface area contributed by atoms with Crippen molar-refractivity contribution in [1.82, 2.24) is 0 Å². The number of rotatable bonds is 56. The molecule has 0 radical (unpaired) electrons. The fraction of sp³-hybridized carbons (Fsp3) is 0.754. The van der Waals surface area contributed by atoms with Crippen molar-refractivity contribution in [1.29, 1.82) is 0 Å². The summed E-state index contributed by atoms with van der Waals surface area (Å²) in [4.78, 5) is 35.5. The van der Waals surface area contributed by atoms with E-state index in [1.807, 2.05) is 21.1 Å². The Morgan fingerprint density at radius 1 is 0.427 bits per heavy atom. The number of unbranched alkanes of at least 4 members (excludes halogenated alkanes) is 28. The molecule has 0 aromatic rings. The first kappa shape index (κ1) is 72.2. The summed E-state index contributed by atoms with van der Waals surface area (Å²) in [6.07, 6.45) is 75.5. The molecule has 0 aromatic heterocycles. The average molecular weight is 1070 g/mol. The summed E-state index contributed by atoms with van der Waals surface area (Å²) in [5.74, 6) is -0.791. The van der Waals surface area contributed by atoms with Crippen LogP contribution in [0.1, 0.15) is 264 Å². The van der Waals surface area contributed by atoms with Crippen LogP contribution in [0.25, 0.3) is 0 Å². The zero-order valence-electron chi connectivity index (χ0n) is 49.3. The number of esters is 2. The highest BCUT2D eigenvalue weighted by Gasteiger charge is 2.27. The minimum Gasteiger partial charge on any atom is -0.462 e. The van der Waals surface area contributed by atoms with Gasteiger partial charge in [-0.25, -0.2) is 4.57 Å². The number of carbonyl (C=O) groups excluding carboxylic acids is 2. The average Bonchev–Trinajstić information content (AvgIpc) is 3.37. The van der Waals surface area contributed by atoms with Crippen LogP contribution in [0.2, 0.25) is 0 Å². The smallest absolute Gasteiger partial charge is 0.462 e. The van der Waals surface area contributed by atoms with Gasteiger partial charge in [0.1, 0.15) is 19.8 Å². The molecule has 0 bridgehead atoms. The van der Waals surface area contributed by atoms with Gasteiger partial charge >= 0.3 is 19.8 Å². The lowest BCUT2D eigenvalue weighted by Crippen LogP contribution is -2.37. The second-order valence-electron chi connectivity index (χ2n) is 21.7. The maximum atomic E-state index is 12.8. The van der Waals surface area contributed by atoms with Crippen molar-refractivity contribution in [3.8, 4) is 0 Å². The van der Waals surface area contributed by atoms with E-state index < -0.39 is 26.5 Å². The Morgan fingerprint density at radius 2 is 0.760 bits per heavy atom. The Hall–Kier alpha value is -2.81. The molecule has 434 valence electrons. The molecule has 0 amide bonds. The van der Waals surface area contributed by atoms with Crippen LogP contribution in [0, 0.1) is 0 Å². The Labute approximate surface area is 462 Å². The zero-order chi connectivity index (χ0) is 54.9. The molecule has 75 heavy (non-hydrogen) atoms. The van der Waals surface area contributed by atoms with E-state index in [-0.39, 0.29) is 25.6 Å². The van der Waals surface area contributed by atoms with Gasteiger partial charge in [0.2, 0.25) is 0 Å². The Balaban J connectivity index is 3.88. The molecule has 9 nitrogen and oxygen atoms in total. The highest BCUT2D eigenvalue weighted by Crippen LogP contribution is 2.43. The first-order chi connectivity index (χ1) is 36.5. The van der Waals surface area contributed by atoms with Gasteiger partial charge in [-0.3, -0.25) is 18.6 Å². The fourth-order valence-electron chi connectivity index (χ4n) is 8.47. The molecule has 0 aliphatic rings. The molecule has 0 fully saturated rings. The molecule has 0 saturated heterocycles. The predicted octanol–water partition coefficient (Wildman–Crippen LogP) is 19.4. The molecule has 0 saturated carbocycles. The van der Waals surface area contributed by atoms with Crippen LogP contribution in [0.15, 0.2) is 85.1 Å². The van der Waals surface area contributed by atoms with Gasteiger partial charge in [-0.15, -0.1) is 0 Å². The monoisotopic (exact) mass is 1070 g/mol. The summed E-state index contributed by atoms with van der Waals surface area (Å²) in [6.45, 7) is 4.31. The van der Waals surface area contributed by atoms with Gasteiger partial charge in [-0.1, -0.05) is 266 Å². The van der Waals surface area contributed by atoms with Gasteiger partial charge in [0.15, 0.2) is 6.10 Å². The third-order valence-electron chi connectivity index (χ3n) is 13.2. The van der Waals surface area contributed by atoms with Crippen molar-refractivity contribution in [2.75, 3.05) is 47.5 Å². The summed E-state index contributed by atoms with van der Waals surface area (Å²) in [6, 6.07) is 0. The zero-order valence-corrected chi connectivity index (χ0v) is 50.2. The lowest BCUT2D eigenvalue weighted by Gasteiger charge is -2.24. The second kappa shape index (κ2) is 55.9. The number of phosphoric acid groups is 1. The lowest BCUT2D eigenvalue weighted by molar-refractivity contribution is -0.870. The molecule has 0 heterocycles. The molecule has 0 spiro atoms. The van der Waals surface area contributed by atoms with Crippen molar-refractivity contribution in [3.63, 3.8) is 0 Å². The van der Waals surface area contributed by atoms with Crippen molar-refractivity contribution in [2.24, 2.45) is 0 Å². The van der Waals surface area contributed by atoms with Crippen LogP contribution in [-0.2, 0) is 32.7 Å². The Kier molecular flexibility index (Phi) is 53.8. The fourth-order valence-corrected chi connectivity index (χ4v) is 9.21. The van der Waals surface area contributed by atoms with Crippen molar-refractivity contribution in [3.05, 3.63) is 85.1 Å². The van der Waals surface area contributed by atoms with E-state index in [9.17, 15) is 19.0 Å². The van der Waals surface area contributed by atoms with Crippen molar-refractivity contribution < 1.29 is 42.1 Å². The molecule has 0 aliphatic carbocycles. The summed E-state index contributed by atoms with van der Waals surface area (Å²) in [5, 5.41) is 0. The van der Waals surface area contributed by atoms with Gasteiger partial charge in [0.25, 0.3) is 0 Å². The standard InChI is InChI=1S/C65H116NO8P/c1-6-8-10-12-14-16-18-19-20-21-22-23-24-25-26-27-28-29-30-31-32-33-34-35-36-37-38-39-40-41-42-43-44-45-46-47-48-50-52-54-56-58-65(68)74-63(62-73-75(69,70)72-60-59-66(3,4)5)61-71-64(67)57-55-53-51-49-17-15-13-11-9-7-2/h8,10,14,16,19-20,22-23,25-26,28-29,31-32,63H,6-7,9,11-13,15,17-18,21,24,27,30,33-62H2,1-5H3/p+1/b10-8-,16-14-,20-19-,23-22-,26-25-,29-28-,32-31-. The van der Waals surface area contributed by atoms with Crippen LogP contribution in [0.3, 0.4) is 0 Å². The van der Waals surface area contributed by atoms with Crippen LogP contribution < -0.4 is 0 Å². The number of quaternary nitrogens is 1. The molecule has 0 aliphatic heterocycles. The molecule has 0 rings (SSSR count). The van der Waals surface area contributed by atoms with E-state index in [4.69, 9.17) is 18.5 Å². The van der Waals surface area contributed by atoms with Crippen molar-refractivity contribution in [2.45, 2.75) is 270 Å². The third kappa shape index (κ3) is 60.3. The number of likely N-dealkylation sites (N-methyl/N-ethyl adjacent to an activating group) is 1. The van der Waals surface area contributed by atoms with E-state index in [1.165, 1.54) is 154 Å². The van der Waals surface area contributed by atoms with Crippen LogP contribution in [0.5, 0.6) is 0 Å². The number of ether oxygens (including phenoxy) is 2. The highest BCUT2D eigenvalue weighted by atomic mass is 31.2. The summed E-state index contributed by atoms with van der Waals surface area (Å²) in [7, 11) is 1.48. The van der Waals surface area contributed by atoms with Gasteiger partial charge < -0.3 is 18.9 Å². The first-order valence-corrected chi connectivity index (χ1v) is 32.3. The predicted molar refractivity (Wildman–Crippen MR) is 321 cm³/mol. The lowest BCUT2D eigenvalue weighted by atomic mass is 10.0. The number of carbonyl (C=O) groups is 2. The first-order valence-electron chi connectivity index (χ1n) is 30.8. The van der Waals surface area contributed by atoms with Gasteiger partial charge in [-0.2, -0.15) is 0 Å². The number of allylic oxidation sites excluding steroid dienone is 14. The maximum Gasteiger partial charge on any atom is 0.472 e. The topological polar surface area (TPSA) is 108 Å². The minimum atomic E-state index is -4.38. The highest BCUT2D eigenvalue weighted by molar-refractivity contribution is 7.47. The number of hydrogen-bond donors (Lipinski definition) is 1. The van der Waals surface area contributed by atoms with E-state index in [0.717, 1.165) is 77.0 Å². The van der Waals surface area contributed by atoms with E-state index in [0.29, 0.717) is 23.9 Å². The van der Waals surface area contributed by atoms with Crippen LogP contribution in [0.4, 0.5) is 0 Å². The van der Waals surface area contributed by atoms with Gasteiger partial charge in [0, 0.05) is 12.8 Å². The van der Waals surface area contributed by atoms with Crippen LogP contribution in [-0.4, -0.2) is 74.9 Å². The second-order valence-corrected chi connectivity index (χ2v) is 23.2. The SMILES string of the molecule is CC/C=C\C/C=C\C/C=C\C/C=C\C/C=C\C/C=C\C/C=C\CCCCCCCCCCCCCCCCCCCCCC(=O)OC(COC(=O)CCCCCCCCCCCC)COP(=O)(O)OCC[N+](C)(C)C. The third-order valence-corrected chi connectivity index (χ3v) is 14.2. The largest absolute Gasteiger partial charge is 0.472 e. The van der Waals surface area contributed by atoms with E-state index in [1.54, 1.807) is 0 Å². The maximum absolute atomic E-state index is 12.8. The summed E-state index contributed by atoms with van der Waals surface area (Å²) in [5.41, 5.74) is 0. The summed E-state index contributed by atoms with van der Waals surface area (Å²) >= 11 is 0. The molecule has 2 atom stereocenters. The van der Waals surface area contributed by atoms with Gasteiger partial charge in [0.05, 0.1) is 27.7 Å². The Bertz CT molecular complexity index is 1540. The van der Waals surface area contributed by atoms with Gasteiger partial charge in [-0.05, 0) is 70.6 Å². The van der Waals surface area contributed by atoms with Crippen LogP contribution >= 0.6 is 7.82 Å². The number of phosphoric ester groups is 1. The molecule has 1 N–H and O–H groups in total. The van der Waals surface area contributed by atoms with E-state index in [2.05, 4.69) is 98.9 Å². The number of hydrogen-bond acceptors (Lipinski definition) is 7. The Morgan fingerprint density at radius 3 is 1.13 bits per heavy atom. The number of nitrogens with zero attached hydrogens (tertiary/aromatic N) is 1. The normalized spacial score (nSPS) is 13.8. The van der Waals surface area contributed by atoms with Crippen molar-refractivity contribution >= 4 is 19.8 Å². The molecule has 0 aromatic carbocycles. The minimum absolute atomic E-state index is 0.0323. The molecule has 10 heteroatoms. The summed E-state index contributed by atoms with van der Waals surface area (Å²) < 4.78 is 34.5. The molecular formula is C65H117NO8P+. The quantitative estimate of drug-likeness (QED) is 0.0211. The molecular weight excluding hydrogens is 954 g/mol.